The van der Waals surface area contributed by atoms with E-state index in [1.165, 1.54) is 0 Å². The summed E-state index contributed by atoms with van der Waals surface area (Å²) in [5.41, 5.74) is 1.11. The van der Waals surface area contributed by atoms with Gasteiger partial charge in [-0.25, -0.2) is 0 Å². The molecule has 0 radical (unpaired) electrons. The molecular weight excluding hydrogens is 306 g/mol. The Kier molecular flexibility index (Phi) is 9.68. The Morgan fingerprint density at radius 1 is 1.08 bits per heavy atom. The molecule has 0 aliphatic heterocycles. The number of nitrogens with zero attached hydrogens (tertiary/aromatic N) is 1. The standard InChI is InChI=1S/C18H31N3O3/c1-6-22-12-11-20-18(19-5)21-14(4)15-9-10-16(23-7-2)17(13-15)24-8-3/h9-10,13-14H,6-8,11-12H2,1-5H3,(H2,19,20,21). The van der Waals surface area contributed by atoms with Gasteiger partial charge in [0.15, 0.2) is 17.5 Å². The molecular formula is C18H31N3O3. The topological polar surface area (TPSA) is 64.1 Å². The molecule has 1 aromatic rings. The van der Waals surface area contributed by atoms with Crippen LogP contribution >= 0.6 is 0 Å². The summed E-state index contributed by atoms with van der Waals surface area (Å²) >= 11 is 0. The van der Waals surface area contributed by atoms with Crippen LogP contribution in [0.3, 0.4) is 0 Å². The molecule has 0 aliphatic carbocycles. The molecule has 24 heavy (non-hydrogen) atoms. The van der Waals surface area contributed by atoms with Gasteiger partial charge in [-0.05, 0) is 45.4 Å². The lowest BCUT2D eigenvalue weighted by Gasteiger charge is -2.20. The zero-order valence-corrected chi connectivity index (χ0v) is 15.5. The highest BCUT2D eigenvalue weighted by molar-refractivity contribution is 5.80. The smallest absolute Gasteiger partial charge is 0.191 e. The van der Waals surface area contributed by atoms with Gasteiger partial charge in [-0.3, -0.25) is 4.99 Å². The molecule has 0 bridgehead atoms. The van der Waals surface area contributed by atoms with Crippen molar-refractivity contribution in [1.29, 1.82) is 0 Å². The number of guanidine groups is 1. The van der Waals surface area contributed by atoms with Crippen LogP contribution in [0.2, 0.25) is 0 Å². The highest BCUT2D eigenvalue weighted by Crippen LogP contribution is 2.30. The maximum atomic E-state index is 5.69. The van der Waals surface area contributed by atoms with Crippen LogP contribution in [0.4, 0.5) is 0 Å². The normalized spacial score (nSPS) is 12.6. The summed E-state index contributed by atoms with van der Waals surface area (Å²) in [4.78, 5) is 4.24. The Labute approximate surface area is 145 Å². The maximum absolute atomic E-state index is 5.69. The molecule has 136 valence electrons. The van der Waals surface area contributed by atoms with E-state index in [-0.39, 0.29) is 6.04 Å². The minimum atomic E-state index is 0.0816. The van der Waals surface area contributed by atoms with Gasteiger partial charge >= 0.3 is 0 Å². The van der Waals surface area contributed by atoms with E-state index < -0.39 is 0 Å². The Morgan fingerprint density at radius 2 is 1.79 bits per heavy atom. The van der Waals surface area contributed by atoms with Gasteiger partial charge in [-0.1, -0.05) is 6.07 Å². The molecule has 0 aliphatic rings. The highest BCUT2D eigenvalue weighted by Gasteiger charge is 2.12. The van der Waals surface area contributed by atoms with Gasteiger partial charge in [0.2, 0.25) is 0 Å². The van der Waals surface area contributed by atoms with Crippen LogP contribution in [-0.4, -0.2) is 46.0 Å². The van der Waals surface area contributed by atoms with Crippen molar-refractivity contribution < 1.29 is 14.2 Å². The highest BCUT2D eigenvalue weighted by atomic mass is 16.5. The number of hydrogen-bond acceptors (Lipinski definition) is 4. The summed E-state index contributed by atoms with van der Waals surface area (Å²) in [5.74, 6) is 2.29. The van der Waals surface area contributed by atoms with E-state index in [1.807, 2.05) is 39.0 Å². The summed E-state index contributed by atoms with van der Waals surface area (Å²) < 4.78 is 16.6. The molecule has 0 heterocycles. The summed E-state index contributed by atoms with van der Waals surface area (Å²) in [5, 5.41) is 6.60. The second-order valence-corrected chi connectivity index (χ2v) is 5.13. The van der Waals surface area contributed by atoms with Crippen molar-refractivity contribution in [3.8, 4) is 11.5 Å². The van der Waals surface area contributed by atoms with Gasteiger partial charge in [0, 0.05) is 20.2 Å². The number of rotatable bonds is 10. The molecule has 1 aromatic carbocycles. The summed E-state index contributed by atoms with van der Waals surface area (Å²) in [7, 11) is 1.76. The van der Waals surface area contributed by atoms with Crippen molar-refractivity contribution in [3.05, 3.63) is 23.8 Å². The monoisotopic (exact) mass is 337 g/mol. The molecule has 0 amide bonds. The average Bonchev–Trinajstić information content (AvgIpc) is 2.59. The molecule has 1 unspecified atom stereocenters. The first-order valence-electron chi connectivity index (χ1n) is 8.60. The summed E-state index contributed by atoms with van der Waals surface area (Å²) in [6.07, 6.45) is 0. The second kappa shape index (κ2) is 11.6. The second-order valence-electron chi connectivity index (χ2n) is 5.13. The Hall–Kier alpha value is -1.95. The number of ether oxygens (including phenoxy) is 3. The van der Waals surface area contributed by atoms with E-state index in [1.54, 1.807) is 7.05 Å². The minimum Gasteiger partial charge on any atom is -0.490 e. The molecule has 2 N–H and O–H groups in total. The summed E-state index contributed by atoms with van der Waals surface area (Å²) in [6, 6.07) is 6.09. The fourth-order valence-corrected chi connectivity index (χ4v) is 2.21. The zero-order valence-electron chi connectivity index (χ0n) is 15.5. The largest absolute Gasteiger partial charge is 0.490 e. The number of nitrogens with one attached hydrogen (secondary N) is 2. The van der Waals surface area contributed by atoms with Crippen LogP contribution in [0.25, 0.3) is 0 Å². The van der Waals surface area contributed by atoms with Crippen LogP contribution in [-0.2, 0) is 4.74 Å². The van der Waals surface area contributed by atoms with Crippen molar-refractivity contribution in [2.45, 2.75) is 33.7 Å². The molecule has 0 fully saturated rings. The van der Waals surface area contributed by atoms with E-state index in [4.69, 9.17) is 14.2 Å². The average molecular weight is 337 g/mol. The van der Waals surface area contributed by atoms with E-state index in [0.29, 0.717) is 26.4 Å². The fourth-order valence-electron chi connectivity index (χ4n) is 2.21. The number of hydrogen-bond donors (Lipinski definition) is 2. The summed E-state index contributed by atoms with van der Waals surface area (Å²) in [6.45, 7) is 11.3. The molecule has 6 nitrogen and oxygen atoms in total. The van der Waals surface area contributed by atoms with Crippen molar-refractivity contribution in [2.24, 2.45) is 4.99 Å². The molecule has 0 saturated heterocycles. The predicted octanol–water partition coefficient (Wildman–Crippen LogP) is 2.75. The van der Waals surface area contributed by atoms with Crippen LogP contribution in [0.5, 0.6) is 11.5 Å². The van der Waals surface area contributed by atoms with Crippen LogP contribution < -0.4 is 20.1 Å². The van der Waals surface area contributed by atoms with Crippen molar-refractivity contribution in [2.75, 3.05) is 40.0 Å². The SMILES string of the molecule is CCOCCNC(=NC)NC(C)c1ccc(OCC)c(OCC)c1. The predicted molar refractivity (Wildman–Crippen MR) is 98.2 cm³/mol. The van der Waals surface area contributed by atoms with Crippen LogP contribution in [0.1, 0.15) is 39.3 Å². The number of aliphatic imine (C=N–C) groups is 1. The van der Waals surface area contributed by atoms with Gasteiger partial charge in [-0.2, -0.15) is 0 Å². The molecule has 0 aromatic heterocycles. The first kappa shape index (κ1) is 20.1. The lowest BCUT2D eigenvalue weighted by atomic mass is 10.1. The van der Waals surface area contributed by atoms with Gasteiger partial charge < -0.3 is 24.8 Å². The van der Waals surface area contributed by atoms with E-state index in [0.717, 1.165) is 29.6 Å². The lowest BCUT2D eigenvalue weighted by molar-refractivity contribution is 0.152. The molecule has 0 saturated carbocycles. The fraction of sp³-hybridized carbons (Fsp3) is 0.611. The molecule has 1 atom stereocenters. The zero-order chi connectivity index (χ0) is 17.8. The first-order valence-corrected chi connectivity index (χ1v) is 8.60. The van der Waals surface area contributed by atoms with Crippen LogP contribution in [0, 0.1) is 0 Å². The minimum absolute atomic E-state index is 0.0816. The van der Waals surface area contributed by atoms with Crippen molar-refractivity contribution >= 4 is 5.96 Å². The van der Waals surface area contributed by atoms with Crippen molar-refractivity contribution in [1.82, 2.24) is 10.6 Å². The quantitative estimate of drug-likeness (QED) is 0.390. The third-order valence-corrected chi connectivity index (χ3v) is 3.39. The van der Waals surface area contributed by atoms with Gasteiger partial charge in [0.05, 0.1) is 25.9 Å². The van der Waals surface area contributed by atoms with E-state index in [9.17, 15) is 0 Å². The van der Waals surface area contributed by atoms with Crippen LogP contribution in [0.15, 0.2) is 23.2 Å². The van der Waals surface area contributed by atoms with Gasteiger partial charge in [-0.15, -0.1) is 0 Å². The maximum Gasteiger partial charge on any atom is 0.191 e. The van der Waals surface area contributed by atoms with E-state index in [2.05, 4.69) is 22.5 Å². The molecule has 0 spiro atoms. The van der Waals surface area contributed by atoms with Gasteiger partial charge in [0.25, 0.3) is 0 Å². The lowest BCUT2D eigenvalue weighted by Crippen LogP contribution is -2.40. The Morgan fingerprint density at radius 3 is 2.42 bits per heavy atom. The Balaban J connectivity index is 2.71. The van der Waals surface area contributed by atoms with E-state index >= 15 is 0 Å². The Bertz CT molecular complexity index is 506. The third kappa shape index (κ3) is 6.66. The molecule has 1 rings (SSSR count). The molecule has 6 heteroatoms. The first-order chi connectivity index (χ1) is 11.7. The third-order valence-electron chi connectivity index (χ3n) is 3.39. The van der Waals surface area contributed by atoms with Crippen molar-refractivity contribution in [3.63, 3.8) is 0 Å². The van der Waals surface area contributed by atoms with Gasteiger partial charge in [0.1, 0.15) is 0 Å². The number of benzene rings is 1.